The lowest BCUT2D eigenvalue weighted by molar-refractivity contribution is 0.0915. The van der Waals surface area contributed by atoms with Crippen molar-refractivity contribution in [3.63, 3.8) is 0 Å². The van der Waals surface area contributed by atoms with E-state index in [2.05, 4.69) is 10.3 Å². The molecule has 1 heterocycles. The van der Waals surface area contributed by atoms with Crippen LogP contribution < -0.4 is 5.32 Å². The third-order valence-electron chi connectivity index (χ3n) is 3.90. The van der Waals surface area contributed by atoms with Crippen molar-refractivity contribution < 1.29 is 14.3 Å². The van der Waals surface area contributed by atoms with E-state index in [0.29, 0.717) is 22.2 Å². The molecule has 1 unspecified atom stereocenters. The Hall–Kier alpha value is -2.79. The van der Waals surface area contributed by atoms with Crippen LogP contribution >= 0.6 is 0 Å². The van der Waals surface area contributed by atoms with E-state index >= 15 is 0 Å². The lowest BCUT2D eigenvalue weighted by atomic mass is 10.1. The summed E-state index contributed by atoms with van der Waals surface area (Å²) in [5, 5.41) is 13.1. The van der Waals surface area contributed by atoms with Crippen molar-refractivity contribution in [1.29, 1.82) is 0 Å². The van der Waals surface area contributed by atoms with Gasteiger partial charge in [0.1, 0.15) is 5.82 Å². The van der Waals surface area contributed by atoms with Gasteiger partial charge in [0.05, 0.1) is 29.4 Å². The number of nitrogens with zero attached hydrogens (tertiary/aromatic N) is 1. The zero-order chi connectivity index (χ0) is 17.1. The zero-order valence-corrected chi connectivity index (χ0v) is 13.2. The van der Waals surface area contributed by atoms with Gasteiger partial charge >= 0.3 is 0 Å². The molecule has 2 aromatic carbocycles. The highest BCUT2D eigenvalue weighted by Crippen LogP contribution is 2.19. The van der Waals surface area contributed by atoms with Gasteiger partial charge in [-0.25, -0.2) is 4.39 Å². The molecule has 24 heavy (non-hydrogen) atoms. The van der Waals surface area contributed by atoms with Gasteiger partial charge in [-0.2, -0.15) is 0 Å². The predicted molar refractivity (Wildman–Crippen MR) is 90.2 cm³/mol. The fraction of sp³-hybridized carbons (Fsp3) is 0.158. The van der Waals surface area contributed by atoms with E-state index in [1.807, 2.05) is 30.3 Å². The van der Waals surface area contributed by atoms with E-state index in [0.717, 1.165) is 5.56 Å². The van der Waals surface area contributed by atoms with Gasteiger partial charge in [-0.15, -0.1) is 0 Å². The maximum Gasteiger partial charge on any atom is 0.253 e. The van der Waals surface area contributed by atoms with Gasteiger partial charge in [-0.1, -0.05) is 30.3 Å². The summed E-state index contributed by atoms with van der Waals surface area (Å²) in [5.74, 6) is -0.690. The molecular formula is C19H17FN2O2. The second-order valence-corrected chi connectivity index (χ2v) is 5.58. The maximum atomic E-state index is 13.3. The fourth-order valence-corrected chi connectivity index (χ4v) is 2.62. The number of hydrogen-bond donors (Lipinski definition) is 2. The van der Waals surface area contributed by atoms with Gasteiger partial charge in [0.15, 0.2) is 0 Å². The first-order valence-corrected chi connectivity index (χ1v) is 7.62. The molecule has 0 fully saturated rings. The van der Waals surface area contributed by atoms with Gasteiger partial charge in [-0.05, 0) is 30.7 Å². The number of fused-ring (bicyclic) bond motifs is 1. The lowest BCUT2D eigenvalue weighted by Crippen LogP contribution is -2.31. The fourth-order valence-electron chi connectivity index (χ4n) is 2.62. The first-order valence-electron chi connectivity index (χ1n) is 7.62. The van der Waals surface area contributed by atoms with Crippen molar-refractivity contribution in [2.45, 2.75) is 13.0 Å². The van der Waals surface area contributed by atoms with Gasteiger partial charge in [-0.3, -0.25) is 9.78 Å². The number of benzene rings is 2. The van der Waals surface area contributed by atoms with Crippen molar-refractivity contribution >= 4 is 16.8 Å². The zero-order valence-electron chi connectivity index (χ0n) is 13.2. The maximum absolute atomic E-state index is 13.3. The van der Waals surface area contributed by atoms with Crippen LogP contribution in [-0.2, 0) is 0 Å². The number of hydrogen-bond acceptors (Lipinski definition) is 3. The highest BCUT2D eigenvalue weighted by atomic mass is 19.1. The summed E-state index contributed by atoms with van der Waals surface area (Å²) < 4.78 is 13.3. The third-order valence-corrected chi connectivity index (χ3v) is 3.90. The molecule has 5 heteroatoms. The van der Waals surface area contributed by atoms with Gasteiger partial charge in [0, 0.05) is 11.5 Å². The molecule has 3 aromatic rings. The molecule has 1 atom stereocenters. The van der Waals surface area contributed by atoms with E-state index in [-0.39, 0.29) is 18.3 Å². The number of nitrogens with one attached hydrogen (secondary N) is 1. The van der Waals surface area contributed by atoms with Crippen LogP contribution in [0.5, 0.6) is 0 Å². The molecule has 122 valence electrons. The SMILES string of the molecule is Cc1nc2cc(F)ccc2cc1C(=O)NC(CO)c1ccccc1. The first kappa shape index (κ1) is 16.1. The highest BCUT2D eigenvalue weighted by Gasteiger charge is 2.17. The number of pyridine rings is 1. The summed E-state index contributed by atoms with van der Waals surface area (Å²) in [6.45, 7) is 1.50. The summed E-state index contributed by atoms with van der Waals surface area (Å²) in [5.41, 5.74) is 2.24. The smallest absolute Gasteiger partial charge is 0.253 e. The first-order chi connectivity index (χ1) is 11.6. The normalized spacial score (nSPS) is 12.1. The molecule has 0 saturated heterocycles. The van der Waals surface area contributed by atoms with E-state index in [1.54, 1.807) is 19.1 Å². The van der Waals surface area contributed by atoms with Crippen LogP contribution in [-0.4, -0.2) is 22.6 Å². The van der Waals surface area contributed by atoms with E-state index < -0.39 is 6.04 Å². The number of aromatic nitrogens is 1. The van der Waals surface area contributed by atoms with Crippen LogP contribution in [0.1, 0.15) is 27.7 Å². The molecule has 2 N–H and O–H groups in total. The molecule has 0 saturated carbocycles. The van der Waals surface area contributed by atoms with Crippen molar-refractivity contribution in [3.8, 4) is 0 Å². The van der Waals surface area contributed by atoms with Crippen LogP contribution in [0.2, 0.25) is 0 Å². The quantitative estimate of drug-likeness (QED) is 0.775. The topological polar surface area (TPSA) is 62.2 Å². The van der Waals surface area contributed by atoms with Crippen molar-refractivity contribution in [3.05, 3.63) is 77.2 Å². The second kappa shape index (κ2) is 6.76. The molecule has 1 aromatic heterocycles. The van der Waals surface area contributed by atoms with Crippen LogP contribution in [0.3, 0.4) is 0 Å². The van der Waals surface area contributed by atoms with E-state index in [1.165, 1.54) is 12.1 Å². The molecule has 4 nitrogen and oxygen atoms in total. The summed E-state index contributed by atoms with van der Waals surface area (Å²) in [6, 6.07) is 14.7. The molecule has 1 amide bonds. The number of amides is 1. The van der Waals surface area contributed by atoms with E-state index in [9.17, 15) is 14.3 Å². The van der Waals surface area contributed by atoms with Crippen molar-refractivity contribution in [2.24, 2.45) is 0 Å². The Bertz CT molecular complexity index is 881. The second-order valence-electron chi connectivity index (χ2n) is 5.58. The average Bonchev–Trinajstić information content (AvgIpc) is 2.59. The molecular weight excluding hydrogens is 307 g/mol. The molecule has 0 aliphatic carbocycles. The van der Waals surface area contributed by atoms with Crippen molar-refractivity contribution in [1.82, 2.24) is 10.3 Å². The standard InChI is InChI=1S/C19H17FN2O2/c1-12-16(9-14-7-8-15(20)10-17(14)21-12)19(24)22-18(11-23)13-5-3-2-4-6-13/h2-10,18,23H,11H2,1H3,(H,22,24). The Balaban J connectivity index is 1.90. The number of aliphatic hydroxyl groups is 1. The molecule has 0 aliphatic rings. The molecule has 0 spiro atoms. The number of aliphatic hydroxyl groups excluding tert-OH is 1. The van der Waals surface area contributed by atoms with Gasteiger partial charge < -0.3 is 10.4 Å². The molecule has 0 radical (unpaired) electrons. The van der Waals surface area contributed by atoms with E-state index in [4.69, 9.17) is 0 Å². The Morgan fingerprint density at radius 2 is 1.96 bits per heavy atom. The Morgan fingerprint density at radius 3 is 2.67 bits per heavy atom. The number of rotatable bonds is 4. The largest absolute Gasteiger partial charge is 0.394 e. The Kier molecular flexibility index (Phi) is 4.53. The Labute approximate surface area is 139 Å². The summed E-state index contributed by atoms with van der Waals surface area (Å²) in [7, 11) is 0. The molecule has 0 bridgehead atoms. The molecule has 0 aliphatic heterocycles. The number of halogens is 1. The van der Waals surface area contributed by atoms with Gasteiger partial charge in [0.2, 0.25) is 0 Å². The number of carbonyl (C=O) groups is 1. The minimum Gasteiger partial charge on any atom is -0.394 e. The van der Waals surface area contributed by atoms with Crippen LogP contribution in [0.25, 0.3) is 10.9 Å². The van der Waals surface area contributed by atoms with Gasteiger partial charge in [0.25, 0.3) is 5.91 Å². The van der Waals surface area contributed by atoms with Crippen molar-refractivity contribution in [2.75, 3.05) is 6.61 Å². The van der Waals surface area contributed by atoms with Crippen LogP contribution in [0.15, 0.2) is 54.6 Å². The molecule has 3 rings (SSSR count). The minimum atomic E-state index is -0.498. The Morgan fingerprint density at radius 1 is 1.21 bits per heavy atom. The number of carbonyl (C=O) groups excluding carboxylic acids is 1. The predicted octanol–water partition coefficient (Wildman–Crippen LogP) is 3.15. The summed E-state index contributed by atoms with van der Waals surface area (Å²) in [6.07, 6.45) is 0. The third kappa shape index (κ3) is 3.26. The minimum absolute atomic E-state index is 0.207. The summed E-state index contributed by atoms with van der Waals surface area (Å²) >= 11 is 0. The number of aryl methyl sites for hydroxylation is 1. The van der Waals surface area contributed by atoms with Crippen LogP contribution in [0, 0.1) is 12.7 Å². The summed E-state index contributed by atoms with van der Waals surface area (Å²) in [4.78, 5) is 16.9. The average molecular weight is 324 g/mol. The lowest BCUT2D eigenvalue weighted by Gasteiger charge is -2.17. The van der Waals surface area contributed by atoms with Crippen LogP contribution in [0.4, 0.5) is 4.39 Å². The monoisotopic (exact) mass is 324 g/mol. The highest BCUT2D eigenvalue weighted by molar-refractivity contribution is 5.98.